The molecule has 7 heteroatoms. The van der Waals surface area contributed by atoms with Crippen molar-refractivity contribution in [1.29, 1.82) is 0 Å². The SMILES string of the molecule is O=C(CSCc1ccccc1)Nc1c(C(=O)Nc2ccc(F)cc2)oc2ccccc12. The quantitative estimate of drug-likeness (QED) is 0.392. The van der Waals surface area contributed by atoms with E-state index in [-0.39, 0.29) is 17.4 Å². The average Bonchev–Trinajstić information content (AvgIpc) is 3.15. The molecular weight excluding hydrogens is 415 g/mol. The van der Waals surface area contributed by atoms with Crippen LogP contribution in [0.25, 0.3) is 11.0 Å². The number of rotatable bonds is 7. The van der Waals surface area contributed by atoms with Crippen LogP contribution in [0.1, 0.15) is 16.1 Å². The van der Waals surface area contributed by atoms with Gasteiger partial charge in [-0.15, -0.1) is 11.8 Å². The lowest BCUT2D eigenvalue weighted by atomic mass is 10.2. The molecule has 31 heavy (non-hydrogen) atoms. The van der Waals surface area contributed by atoms with Crippen LogP contribution in [0.2, 0.25) is 0 Å². The molecule has 2 N–H and O–H groups in total. The molecule has 0 spiro atoms. The van der Waals surface area contributed by atoms with Crippen LogP contribution in [0.3, 0.4) is 0 Å². The van der Waals surface area contributed by atoms with Crippen LogP contribution in [0, 0.1) is 5.82 Å². The number of amides is 2. The molecule has 0 unspecified atom stereocenters. The van der Waals surface area contributed by atoms with E-state index in [4.69, 9.17) is 4.42 Å². The third kappa shape index (κ3) is 5.13. The predicted octanol–water partition coefficient (Wildman–Crippen LogP) is 5.70. The Hall–Kier alpha value is -3.58. The first-order valence-corrected chi connectivity index (χ1v) is 10.8. The summed E-state index contributed by atoms with van der Waals surface area (Å²) in [6.07, 6.45) is 0. The van der Waals surface area contributed by atoms with Gasteiger partial charge in [-0.2, -0.15) is 0 Å². The largest absolute Gasteiger partial charge is 0.449 e. The second-order valence-electron chi connectivity index (χ2n) is 6.79. The molecule has 0 aliphatic carbocycles. The number of benzene rings is 3. The standard InChI is InChI=1S/C24H19FN2O3S/c25-17-10-12-18(13-11-17)26-24(29)23-22(19-8-4-5-9-20(19)30-23)27-21(28)15-31-14-16-6-2-1-3-7-16/h1-13H,14-15H2,(H,26,29)(H,27,28). The first-order valence-electron chi connectivity index (χ1n) is 9.60. The van der Waals surface area contributed by atoms with Crippen molar-refractivity contribution < 1.29 is 18.4 Å². The highest BCUT2D eigenvalue weighted by molar-refractivity contribution is 7.99. The van der Waals surface area contributed by atoms with Gasteiger partial charge in [0.2, 0.25) is 11.7 Å². The number of thioether (sulfide) groups is 1. The summed E-state index contributed by atoms with van der Waals surface area (Å²) in [5, 5.41) is 6.12. The van der Waals surface area contributed by atoms with Gasteiger partial charge >= 0.3 is 0 Å². The molecule has 0 bridgehead atoms. The zero-order valence-corrected chi connectivity index (χ0v) is 17.2. The van der Waals surface area contributed by atoms with E-state index in [1.165, 1.54) is 36.0 Å². The zero-order chi connectivity index (χ0) is 21.6. The van der Waals surface area contributed by atoms with E-state index in [1.54, 1.807) is 24.3 Å². The Balaban J connectivity index is 1.50. The topological polar surface area (TPSA) is 71.3 Å². The Morgan fingerprint density at radius 2 is 1.58 bits per heavy atom. The molecule has 0 atom stereocenters. The first kappa shape index (κ1) is 20.7. The Labute approximate surface area is 182 Å². The smallest absolute Gasteiger partial charge is 0.293 e. The molecule has 0 fully saturated rings. The molecule has 3 aromatic carbocycles. The van der Waals surface area contributed by atoms with E-state index in [0.717, 1.165) is 5.56 Å². The van der Waals surface area contributed by atoms with Gasteiger partial charge in [-0.1, -0.05) is 42.5 Å². The number of carbonyl (C=O) groups excluding carboxylic acids is 2. The van der Waals surface area contributed by atoms with Crippen LogP contribution < -0.4 is 10.6 Å². The molecule has 0 aliphatic rings. The Morgan fingerprint density at radius 1 is 0.871 bits per heavy atom. The monoisotopic (exact) mass is 434 g/mol. The fourth-order valence-electron chi connectivity index (χ4n) is 3.06. The van der Waals surface area contributed by atoms with Crippen LogP contribution in [-0.4, -0.2) is 17.6 Å². The third-order valence-electron chi connectivity index (χ3n) is 4.51. The lowest BCUT2D eigenvalue weighted by Gasteiger charge is -2.07. The zero-order valence-electron chi connectivity index (χ0n) is 16.4. The van der Waals surface area contributed by atoms with E-state index < -0.39 is 11.7 Å². The summed E-state index contributed by atoms with van der Waals surface area (Å²) < 4.78 is 18.8. The fraction of sp³-hybridized carbons (Fsp3) is 0.0833. The van der Waals surface area contributed by atoms with Crippen LogP contribution >= 0.6 is 11.8 Å². The number of halogens is 1. The molecular formula is C24H19FN2O3S. The molecule has 5 nitrogen and oxygen atoms in total. The van der Waals surface area contributed by atoms with Crippen LogP contribution in [-0.2, 0) is 10.5 Å². The van der Waals surface area contributed by atoms with Gasteiger partial charge in [0.1, 0.15) is 17.1 Å². The van der Waals surface area contributed by atoms with Gasteiger partial charge < -0.3 is 15.1 Å². The molecule has 2 amide bonds. The Kier molecular flexibility index (Phi) is 6.33. The van der Waals surface area contributed by atoms with Gasteiger partial charge in [0, 0.05) is 16.8 Å². The molecule has 0 aliphatic heterocycles. The van der Waals surface area contributed by atoms with Gasteiger partial charge in [0.15, 0.2) is 0 Å². The number of para-hydroxylation sites is 1. The molecule has 1 heterocycles. The second kappa shape index (κ2) is 9.49. The number of furan rings is 1. The van der Waals surface area contributed by atoms with Crippen LogP contribution in [0.15, 0.2) is 83.3 Å². The molecule has 4 aromatic rings. The summed E-state index contributed by atoms with van der Waals surface area (Å²) in [6.45, 7) is 0. The molecule has 0 saturated carbocycles. The van der Waals surface area contributed by atoms with E-state index in [9.17, 15) is 14.0 Å². The van der Waals surface area contributed by atoms with Crippen LogP contribution in [0.5, 0.6) is 0 Å². The van der Waals surface area contributed by atoms with Crippen molar-refractivity contribution in [3.05, 3.63) is 96.0 Å². The molecule has 4 rings (SSSR count). The van der Waals surface area contributed by atoms with Crippen LogP contribution in [0.4, 0.5) is 15.8 Å². The minimum absolute atomic E-state index is 0.00747. The average molecular weight is 434 g/mol. The van der Waals surface area contributed by atoms with Gasteiger partial charge in [-0.25, -0.2) is 4.39 Å². The summed E-state index contributed by atoms with van der Waals surface area (Å²) >= 11 is 1.48. The highest BCUT2D eigenvalue weighted by Crippen LogP contribution is 2.31. The van der Waals surface area contributed by atoms with Gasteiger partial charge in [-0.05, 0) is 42.0 Å². The predicted molar refractivity (Wildman–Crippen MR) is 122 cm³/mol. The maximum Gasteiger partial charge on any atom is 0.293 e. The maximum absolute atomic E-state index is 13.1. The molecule has 1 aromatic heterocycles. The van der Waals surface area contributed by atoms with E-state index in [0.29, 0.717) is 28.1 Å². The highest BCUT2D eigenvalue weighted by atomic mass is 32.2. The summed E-state index contributed by atoms with van der Waals surface area (Å²) in [7, 11) is 0. The van der Waals surface area contributed by atoms with E-state index in [1.807, 2.05) is 30.3 Å². The highest BCUT2D eigenvalue weighted by Gasteiger charge is 2.22. The third-order valence-corrected chi connectivity index (χ3v) is 5.52. The minimum Gasteiger partial charge on any atom is -0.449 e. The van der Waals surface area contributed by atoms with E-state index >= 15 is 0 Å². The second-order valence-corrected chi connectivity index (χ2v) is 7.78. The lowest BCUT2D eigenvalue weighted by Crippen LogP contribution is -2.18. The van der Waals surface area contributed by atoms with E-state index in [2.05, 4.69) is 10.6 Å². The number of hydrogen-bond acceptors (Lipinski definition) is 4. The number of hydrogen-bond donors (Lipinski definition) is 2. The number of fused-ring (bicyclic) bond motifs is 1. The van der Waals surface area contributed by atoms with Crippen molar-refractivity contribution in [3.63, 3.8) is 0 Å². The minimum atomic E-state index is -0.532. The lowest BCUT2D eigenvalue weighted by molar-refractivity contribution is -0.113. The summed E-state index contributed by atoms with van der Waals surface area (Å²) in [4.78, 5) is 25.4. The molecule has 0 radical (unpaired) electrons. The fourth-order valence-corrected chi connectivity index (χ4v) is 3.85. The summed E-state index contributed by atoms with van der Waals surface area (Å²) in [5.74, 6) is -0.237. The van der Waals surface area contributed by atoms with Crippen molar-refractivity contribution in [2.24, 2.45) is 0 Å². The number of nitrogens with one attached hydrogen (secondary N) is 2. The first-order chi connectivity index (χ1) is 15.1. The van der Waals surface area contributed by atoms with Crippen molar-refractivity contribution in [2.75, 3.05) is 16.4 Å². The van der Waals surface area contributed by atoms with Crippen molar-refractivity contribution in [2.45, 2.75) is 5.75 Å². The Bertz CT molecular complexity index is 1210. The Morgan fingerprint density at radius 3 is 2.35 bits per heavy atom. The molecule has 0 saturated heterocycles. The number of carbonyl (C=O) groups is 2. The van der Waals surface area contributed by atoms with Gasteiger partial charge in [-0.3, -0.25) is 9.59 Å². The maximum atomic E-state index is 13.1. The van der Waals surface area contributed by atoms with Crippen molar-refractivity contribution in [1.82, 2.24) is 0 Å². The van der Waals surface area contributed by atoms with Gasteiger partial charge in [0.25, 0.3) is 5.91 Å². The normalized spacial score (nSPS) is 10.7. The number of anilines is 2. The summed E-state index contributed by atoms with van der Waals surface area (Å²) in [5.41, 5.74) is 2.36. The van der Waals surface area contributed by atoms with Crippen molar-refractivity contribution >= 4 is 45.9 Å². The van der Waals surface area contributed by atoms with Crippen molar-refractivity contribution in [3.8, 4) is 0 Å². The molecule has 156 valence electrons. The summed E-state index contributed by atoms with van der Waals surface area (Å²) in [6, 6.07) is 22.4. The van der Waals surface area contributed by atoms with Gasteiger partial charge in [0.05, 0.1) is 5.75 Å².